The van der Waals surface area contributed by atoms with Crippen LogP contribution in [-0.4, -0.2) is 17.7 Å². The van der Waals surface area contributed by atoms with Crippen LogP contribution in [0.2, 0.25) is 0 Å². The van der Waals surface area contributed by atoms with Gasteiger partial charge in [-0.2, -0.15) is 0 Å². The molecule has 128 valence electrons. The Kier molecular flexibility index (Phi) is 6.75. The molecule has 2 aromatic rings. The molecule has 0 aliphatic rings. The van der Waals surface area contributed by atoms with Gasteiger partial charge in [0.2, 0.25) is 5.91 Å². The fourth-order valence-electron chi connectivity index (χ4n) is 2.64. The predicted molar refractivity (Wildman–Crippen MR) is 103 cm³/mol. The number of benzene rings is 1. The van der Waals surface area contributed by atoms with Crippen LogP contribution in [0.25, 0.3) is 0 Å². The lowest BCUT2D eigenvalue weighted by molar-refractivity contribution is -0.121. The minimum absolute atomic E-state index is 0.0407. The van der Waals surface area contributed by atoms with E-state index in [0.717, 1.165) is 26.2 Å². The molecule has 0 aliphatic heterocycles. The molecule has 1 atom stereocenters. The Morgan fingerprint density at radius 3 is 2.42 bits per heavy atom. The number of carbonyl (C=O) groups excluding carboxylic acids is 2. The molecule has 2 rings (SSSR count). The summed E-state index contributed by atoms with van der Waals surface area (Å²) in [7, 11) is 0. The van der Waals surface area contributed by atoms with Gasteiger partial charge in [0.1, 0.15) is 0 Å². The molecule has 0 saturated carbocycles. The highest BCUT2D eigenvalue weighted by atomic mass is 79.9. The Labute approximate surface area is 155 Å². The molecule has 0 spiro atoms. The van der Waals surface area contributed by atoms with Crippen LogP contribution in [0.15, 0.2) is 34.8 Å². The summed E-state index contributed by atoms with van der Waals surface area (Å²) in [4.78, 5) is 26.4. The zero-order valence-electron chi connectivity index (χ0n) is 14.2. The number of amides is 1. The van der Waals surface area contributed by atoms with Crippen molar-refractivity contribution in [3.05, 3.63) is 55.7 Å². The monoisotopic (exact) mass is 407 g/mol. The summed E-state index contributed by atoms with van der Waals surface area (Å²) in [5.41, 5.74) is 1.93. The summed E-state index contributed by atoms with van der Waals surface area (Å²) in [5.74, 6) is -0.0230. The van der Waals surface area contributed by atoms with Crippen molar-refractivity contribution in [1.82, 2.24) is 5.32 Å². The summed E-state index contributed by atoms with van der Waals surface area (Å²) in [6.07, 6.45) is 1.27. The van der Waals surface area contributed by atoms with E-state index in [2.05, 4.69) is 21.2 Å². The van der Waals surface area contributed by atoms with Gasteiger partial charge in [-0.1, -0.05) is 28.1 Å². The predicted octanol–water partition coefficient (Wildman–Crippen LogP) is 4.84. The lowest BCUT2D eigenvalue weighted by Crippen LogP contribution is -2.34. The third-order valence-electron chi connectivity index (χ3n) is 3.78. The first kappa shape index (κ1) is 18.9. The maximum absolute atomic E-state index is 12.2. The van der Waals surface area contributed by atoms with Crippen LogP contribution in [0, 0.1) is 13.8 Å². The van der Waals surface area contributed by atoms with E-state index < -0.39 is 0 Å². The van der Waals surface area contributed by atoms with Crippen molar-refractivity contribution in [2.45, 2.75) is 46.1 Å². The second kappa shape index (κ2) is 8.58. The SMILES string of the molecule is Cc1cc(C(=O)CCC(=O)NC(C)Cc2ccc(Br)cc2)c(C)s1. The molecule has 0 fully saturated rings. The Balaban J connectivity index is 1.79. The summed E-state index contributed by atoms with van der Waals surface area (Å²) in [6, 6.07) is 10.0. The number of rotatable bonds is 7. The number of nitrogens with one attached hydrogen (secondary N) is 1. The van der Waals surface area contributed by atoms with Gasteiger partial charge < -0.3 is 5.32 Å². The Morgan fingerprint density at radius 2 is 1.83 bits per heavy atom. The van der Waals surface area contributed by atoms with E-state index >= 15 is 0 Å². The van der Waals surface area contributed by atoms with Gasteiger partial charge in [0.05, 0.1) is 0 Å². The van der Waals surface area contributed by atoms with Gasteiger partial charge in [-0.25, -0.2) is 0 Å². The lowest BCUT2D eigenvalue weighted by atomic mass is 10.1. The quantitative estimate of drug-likeness (QED) is 0.667. The molecule has 1 aromatic carbocycles. The zero-order valence-corrected chi connectivity index (χ0v) is 16.6. The number of ketones is 1. The largest absolute Gasteiger partial charge is 0.353 e. The Morgan fingerprint density at radius 1 is 1.17 bits per heavy atom. The highest BCUT2D eigenvalue weighted by Gasteiger charge is 2.15. The number of Topliss-reactive ketones (excluding diaryl/α,β-unsaturated/α-hetero) is 1. The summed E-state index contributed by atoms with van der Waals surface area (Å²) < 4.78 is 1.04. The smallest absolute Gasteiger partial charge is 0.220 e. The second-order valence-electron chi connectivity index (χ2n) is 6.05. The van der Waals surface area contributed by atoms with E-state index in [1.165, 1.54) is 5.56 Å². The molecule has 5 heteroatoms. The standard InChI is InChI=1S/C19H22BrNO2S/c1-12(10-15-4-6-16(20)7-5-15)21-19(23)9-8-18(22)17-11-13(2)24-14(17)3/h4-7,11-12H,8-10H2,1-3H3,(H,21,23). The second-order valence-corrected chi connectivity index (χ2v) is 8.43. The van der Waals surface area contributed by atoms with Gasteiger partial charge >= 0.3 is 0 Å². The van der Waals surface area contributed by atoms with Gasteiger partial charge in [-0.15, -0.1) is 11.3 Å². The molecule has 24 heavy (non-hydrogen) atoms. The Bertz CT molecular complexity index is 721. The van der Waals surface area contributed by atoms with Crippen LogP contribution in [0.3, 0.4) is 0 Å². The molecule has 3 nitrogen and oxygen atoms in total. The maximum atomic E-state index is 12.2. The van der Waals surface area contributed by atoms with Crippen LogP contribution >= 0.6 is 27.3 Å². The first-order valence-corrected chi connectivity index (χ1v) is 9.60. The van der Waals surface area contributed by atoms with Crippen molar-refractivity contribution in [1.29, 1.82) is 0 Å². The van der Waals surface area contributed by atoms with E-state index in [-0.39, 0.29) is 30.6 Å². The van der Waals surface area contributed by atoms with Gasteiger partial charge in [0.25, 0.3) is 0 Å². The number of thiophene rings is 1. The van der Waals surface area contributed by atoms with Crippen LogP contribution in [0.4, 0.5) is 0 Å². The highest BCUT2D eigenvalue weighted by Crippen LogP contribution is 2.22. The molecular formula is C19H22BrNO2S. The molecular weight excluding hydrogens is 386 g/mol. The summed E-state index contributed by atoms with van der Waals surface area (Å²) in [5, 5.41) is 2.97. The normalized spacial score (nSPS) is 12.0. The summed E-state index contributed by atoms with van der Waals surface area (Å²) >= 11 is 5.03. The van der Waals surface area contributed by atoms with Gasteiger partial charge in [-0.3, -0.25) is 9.59 Å². The molecule has 1 N–H and O–H groups in total. The number of carbonyl (C=O) groups is 2. The van der Waals surface area contributed by atoms with Crippen LogP contribution < -0.4 is 5.32 Å². The van der Waals surface area contributed by atoms with Crippen molar-refractivity contribution in [3.8, 4) is 0 Å². The maximum Gasteiger partial charge on any atom is 0.220 e. The minimum Gasteiger partial charge on any atom is -0.353 e. The third kappa shape index (κ3) is 5.56. The molecule has 1 amide bonds. The topological polar surface area (TPSA) is 46.2 Å². The Hall–Kier alpha value is -1.46. The third-order valence-corrected chi connectivity index (χ3v) is 5.28. The molecule has 1 unspecified atom stereocenters. The van der Waals surface area contributed by atoms with Crippen molar-refractivity contribution in [2.75, 3.05) is 0 Å². The minimum atomic E-state index is -0.0717. The van der Waals surface area contributed by atoms with Gasteiger partial charge in [0, 0.05) is 38.7 Å². The molecule has 1 heterocycles. The molecule has 0 aliphatic carbocycles. The van der Waals surface area contributed by atoms with Gasteiger partial charge in [0.15, 0.2) is 5.78 Å². The van der Waals surface area contributed by atoms with Crippen molar-refractivity contribution < 1.29 is 9.59 Å². The number of aryl methyl sites for hydroxylation is 2. The first-order valence-electron chi connectivity index (χ1n) is 7.99. The van der Waals surface area contributed by atoms with Gasteiger partial charge in [-0.05, 0) is 51.0 Å². The van der Waals surface area contributed by atoms with E-state index in [4.69, 9.17) is 0 Å². The summed E-state index contributed by atoms with van der Waals surface area (Å²) in [6.45, 7) is 5.92. The molecule has 1 aromatic heterocycles. The van der Waals surface area contributed by atoms with Crippen LogP contribution in [0.5, 0.6) is 0 Å². The van der Waals surface area contributed by atoms with Crippen molar-refractivity contribution in [3.63, 3.8) is 0 Å². The number of hydrogen-bond donors (Lipinski definition) is 1. The number of hydrogen-bond acceptors (Lipinski definition) is 3. The van der Waals surface area contributed by atoms with E-state index in [9.17, 15) is 9.59 Å². The molecule has 0 saturated heterocycles. The lowest BCUT2D eigenvalue weighted by Gasteiger charge is -2.14. The zero-order chi connectivity index (χ0) is 17.7. The average molecular weight is 408 g/mol. The van der Waals surface area contributed by atoms with Crippen LogP contribution in [0.1, 0.15) is 45.4 Å². The molecule has 0 radical (unpaired) electrons. The van der Waals surface area contributed by atoms with E-state index in [1.54, 1.807) is 11.3 Å². The van der Waals surface area contributed by atoms with Crippen molar-refractivity contribution >= 4 is 39.0 Å². The van der Waals surface area contributed by atoms with E-state index in [0.29, 0.717) is 0 Å². The van der Waals surface area contributed by atoms with Crippen LogP contribution in [-0.2, 0) is 11.2 Å². The van der Waals surface area contributed by atoms with Crippen molar-refractivity contribution in [2.24, 2.45) is 0 Å². The first-order chi connectivity index (χ1) is 11.3. The molecule has 0 bridgehead atoms. The average Bonchev–Trinajstić information content (AvgIpc) is 2.86. The number of halogens is 1. The fraction of sp³-hybridized carbons (Fsp3) is 0.368. The van der Waals surface area contributed by atoms with E-state index in [1.807, 2.05) is 51.1 Å². The fourth-order valence-corrected chi connectivity index (χ4v) is 3.85. The highest BCUT2D eigenvalue weighted by molar-refractivity contribution is 9.10.